The van der Waals surface area contributed by atoms with Gasteiger partial charge in [0.25, 0.3) is 0 Å². The smallest absolute Gasteiger partial charge is 0.153 e. The van der Waals surface area contributed by atoms with Gasteiger partial charge in [-0.05, 0) is 12.1 Å². The van der Waals surface area contributed by atoms with Crippen LogP contribution in [0.5, 0.6) is 5.75 Å². The average molecular weight is 180 g/mol. The van der Waals surface area contributed by atoms with E-state index in [0.717, 1.165) is 0 Å². The van der Waals surface area contributed by atoms with Gasteiger partial charge in [-0.3, -0.25) is 4.79 Å². The van der Waals surface area contributed by atoms with Crippen molar-refractivity contribution < 1.29 is 13.9 Å². The molecule has 0 bridgehead atoms. The Bertz CT molecular complexity index is 321. The van der Waals surface area contributed by atoms with Gasteiger partial charge in [0.05, 0.1) is 5.56 Å². The minimum atomic E-state index is -0.426. The Morgan fingerprint density at radius 3 is 2.92 bits per heavy atom. The highest BCUT2D eigenvalue weighted by Crippen LogP contribution is 2.17. The normalized spacial score (nSPS) is 9.31. The van der Waals surface area contributed by atoms with E-state index in [1.165, 1.54) is 24.3 Å². The van der Waals surface area contributed by atoms with E-state index < -0.39 is 5.82 Å². The second-order valence-corrected chi connectivity index (χ2v) is 2.40. The molecule has 1 aromatic rings. The van der Waals surface area contributed by atoms with Crippen molar-refractivity contribution in [1.29, 1.82) is 0 Å². The summed E-state index contributed by atoms with van der Waals surface area (Å²) in [5.74, 6) is -0.181. The molecule has 0 radical (unpaired) electrons. The van der Waals surface area contributed by atoms with E-state index in [-0.39, 0.29) is 12.4 Å². The molecule has 1 rings (SSSR count). The standard InChI is InChI=1S/C10H9FO2/c1-2-5-13-10-6-9(11)4-3-8(10)7-12/h2-4,6-7H,1,5H2. The molecule has 0 heterocycles. The van der Waals surface area contributed by atoms with E-state index in [1.807, 2.05) is 0 Å². The van der Waals surface area contributed by atoms with Crippen LogP contribution in [0.3, 0.4) is 0 Å². The van der Waals surface area contributed by atoms with Crippen LogP contribution in [0, 0.1) is 5.82 Å². The predicted octanol–water partition coefficient (Wildman–Crippen LogP) is 2.20. The zero-order valence-corrected chi connectivity index (χ0v) is 7.00. The molecular weight excluding hydrogens is 171 g/mol. The minimum Gasteiger partial charge on any atom is -0.489 e. The zero-order valence-electron chi connectivity index (χ0n) is 7.00. The lowest BCUT2D eigenvalue weighted by Crippen LogP contribution is -1.97. The second kappa shape index (κ2) is 4.40. The Labute approximate surface area is 75.6 Å². The van der Waals surface area contributed by atoms with Gasteiger partial charge in [0.1, 0.15) is 18.2 Å². The molecule has 3 heteroatoms. The van der Waals surface area contributed by atoms with Gasteiger partial charge < -0.3 is 4.74 Å². The molecule has 13 heavy (non-hydrogen) atoms. The number of rotatable bonds is 4. The van der Waals surface area contributed by atoms with Crippen LogP contribution in [0.25, 0.3) is 0 Å². The van der Waals surface area contributed by atoms with E-state index in [9.17, 15) is 9.18 Å². The first-order valence-corrected chi connectivity index (χ1v) is 3.76. The minimum absolute atomic E-state index is 0.245. The Balaban J connectivity index is 2.93. The highest BCUT2D eigenvalue weighted by molar-refractivity contribution is 5.79. The van der Waals surface area contributed by atoms with Gasteiger partial charge in [-0.25, -0.2) is 4.39 Å². The summed E-state index contributed by atoms with van der Waals surface area (Å²) in [6.45, 7) is 3.70. The number of halogens is 1. The molecule has 0 fully saturated rings. The molecule has 0 aliphatic heterocycles. The molecule has 0 aromatic heterocycles. The van der Waals surface area contributed by atoms with Gasteiger partial charge in [0.15, 0.2) is 6.29 Å². The molecule has 1 aromatic carbocycles. The fourth-order valence-electron chi connectivity index (χ4n) is 0.879. The molecular formula is C10H9FO2. The molecule has 0 unspecified atom stereocenters. The number of benzene rings is 1. The molecule has 0 N–H and O–H groups in total. The van der Waals surface area contributed by atoms with Gasteiger partial charge in [-0.15, -0.1) is 0 Å². The summed E-state index contributed by atoms with van der Waals surface area (Å²) in [4.78, 5) is 10.5. The lowest BCUT2D eigenvalue weighted by atomic mass is 10.2. The summed E-state index contributed by atoms with van der Waals surface area (Å²) in [6.07, 6.45) is 2.15. The maximum Gasteiger partial charge on any atom is 0.153 e. The lowest BCUT2D eigenvalue weighted by Gasteiger charge is -2.05. The van der Waals surface area contributed by atoms with Crippen LogP contribution in [0.4, 0.5) is 4.39 Å². The Kier molecular flexibility index (Phi) is 3.20. The summed E-state index contributed by atoms with van der Waals surface area (Å²) in [5, 5.41) is 0. The van der Waals surface area contributed by atoms with Gasteiger partial charge in [0, 0.05) is 6.07 Å². The number of aldehydes is 1. The third-order valence-corrected chi connectivity index (χ3v) is 1.46. The Morgan fingerprint density at radius 1 is 1.54 bits per heavy atom. The topological polar surface area (TPSA) is 26.3 Å². The summed E-state index contributed by atoms with van der Waals surface area (Å²) >= 11 is 0. The van der Waals surface area contributed by atoms with Gasteiger partial charge in [-0.1, -0.05) is 12.7 Å². The first-order chi connectivity index (χ1) is 6.27. The Morgan fingerprint density at radius 2 is 2.31 bits per heavy atom. The number of hydrogen-bond donors (Lipinski definition) is 0. The van der Waals surface area contributed by atoms with Crippen LogP contribution in [0.2, 0.25) is 0 Å². The van der Waals surface area contributed by atoms with E-state index in [1.54, 1.807) is 0 Å². The van der Waals surface area contributed by atoms with Crippen molar-refractivity contribution in [2.45, 2.75) is 0 Å². The molecule has 0 saturated heterocycles. The SMILES string of the molecule is C=CCOc1cc(F)ccc1C=O. The molecule has 0 amide bonds. The van der Waals surface area contributed by atoms with Gasteiger partial charge in [0.2, 0.25) is 0 Å². The second-order valence-electron chi connectivity index (χ2n) is 2.40. The van der Waals surface area contributed by atoms with Crippen molar-refractivity contribution in [1.82, 2.24) is 0 Å². The lowest BCUT2D eigenvalue weighted by molar-refractivity contribution is 0.112. The van der Waals surface area contributed by atoms with Crippen molar-refractivity contribution in [3.05, 3.63) is 42.2 Å². The van der Waals surface area contributed by atoms with Crippen molar-refractivity contribution in [2.75, 3.05) is 6.61 Å². The molecule has 0 saturated carbocycles. The highest BCUT2D eigenvalue weighted by atomic mass is 19.1. The maximum absolute atomic E-state index is 12.7. The predicted molar refractivity (Wildman–Crippen MR) is 47.5 cm³/mol. The fourth-order valence-corrected chi connectivity index (χ4v) is 0.879. The molecule has 2 nitrogen and oxygen atoms in total. The largest absolute Gasteiger partial charge is 0.489 e. The van der Waals surface area contributed by atoms with Crippen molar-refractivity contribution in [3.8, 4) is 5.75 Å². The Hall–Kier alpha value is -1.64. The number of carbonyl (C=O) groups is 1. The van der Waals surface area contributed by atoms with Crippen LogP contribution in [-0.4, -0.2) is 12.9 Å². The van der Waals surface area contributed by atoms with E-state index in [4.69, 9.17) is 4.74 Å². The molecule has 0 aliphatic carbocycles. The summed E-state index contributed by atoms with van der Waals surface area (Å²) in [5.41, 5.74) is 0.336. The van der Waals surface area contributed by atoms with E-state index in [0.29, 0.717) is 11.8 Å². The fraction of sp³-hybridized carbons (Fsp3) is 0.100. The third kappa shape index (κ3) is 2.40. The van der Waals surface area contributed by atoms with Crippen LogP contribution < -0.4 is 4.74 Å². The molecule has 0 aliphatic rings. The quantitative estimate of drug-likeness (QED) is 0.524. The number of ether oxygens (including phenoxy) is 1. The van der Waals surface area contributed by atoms with E-state index in [2.05, 4.69) is 6.58 Å². The van der Waals surface area contributed by atoms with Crippen LogP contribution in [0.1, 0.15) is 10.4 Å². The van der Waals surface area contributed by atoms with Crippen molar-refractivity contribution in [3.63, 3.8) is 0 Å². The van der Waals surface area contributed by atoms with E-state index >= 15 is 0 Å². The molecule has 0 spiro atoms. The molecule has 68 valence electrons. The summed E-state index contributed by atoms with van der Waals surface area (Å²) in [6, 6.07) is 3.76. The zero-order chi connectivity index (χ0) is 9.68. The number of carbonyl (C=O) groups excluding carboxylic acids is 1. The van der Waals surface area contributed by atoms with Crippen molar-refractivity contribution >= 4 is 6.29 Å². The van der Waals surface area contributed by atoms with Crippen LogP contribution >= 0.6 is 0 Å². The highest BCUT2D eigenvalue weighted by Gasteiger charge is 2.03. The molecule has 0 atom stereocenters. The first-order valence-electron chi connectivity index (χ1n) is 3.76. The average Bonchev–Trinajstić information content (AvgIpc) is 2.15. The van der Waals surface area contributed by atoms with Gasteiger partial charge >= 0.3 is 0 Å². The van der Waals surface area contributed by atoms with Gasteiger partial charge in [-0.2, -0.15) is 0 Å². The van der Waals surface area contributed by atoms with Crippen LogP contribution in [0.15, 0.2) is 30.9 Å². The van der Waals surface area contributed by atoms with Crippen LogP contribution in [-0.2, 0) is 0 Å². The first kappa shape index (κ1) is 9.45. The monoisotopic (exact) mass is 180 g/mol. The summed E-state index contributed by atoms with van der Waals surface area (Å²) < 4.78 is 17.8. The maximum atomic E-state index is 12.7. The third-order valence-electron chi connectivity index (χ3n) is 1.46. The number of hydrogen-bond acceptors (Lipinski definition) is 2. The van der Waals surface area contributed by atoms with Crippen molar-refractivity contribution in [2.24, 2.45) is 0 Å². The summed E-state index contributed by atoms with van der Waals surface area (Å²) in [7, 11) is 0.